The molecule has 3 amide bonds. The highest BCUT2D eigenvalue weighted by Gasteiger charge is 2.29. The number of benzene rings is 2. The van der Waals surface area contributed by atoms with Gasteiger partial charge in [0.1, 0.15) is 6.61 Å². The number of unbranched alkanes of at least 4 members (excludes halogenated alkanes) is 7. The lowest BCUT2D eigenvalue weighted by atomic mass is 9.98. The van der Waals surface area contributed by atoms with E-state index in [1.165, 1.54) is 0 Å². The molecule has 2 aromatic rings. The third kappa shape index (κ3) is 8.97. The van der Waals surface area contributed by atoms with Crippen LogP contribution in [0.4, 0.5) is 9.59 Å². The van der Waals surface area contributed by atoms with E-state index in [4.69, 9.17) is 14.5 Å². The van der Waals surface area contributed by atoms with E-state index < -0.39 is 19.7 Å². The fourth-order valence-electron chi connectivity index (χ4n) is 4.49. The predicted octanol–water partition coefficient (Wildman–Crippen LogP) is 5.04. The fraction of sp³-hybridized carbons (Fsp3) is 0.462. The van der Waals surface area contributed by atoms with Crippen molar-refractivity contribution in [3.8, 4) is 11.1 Å². The molecule has 0 bridgehead atoms. The lowest BCUT2D eigenvalue weighted by Crippen LogP contribution is -2.47. The van der Waals surface area contributed by atoms with Gasteiger partial charge >= 0.3 is 19.7 Å². The summed E-state index contributed by atoms with van der Waals surface area (Å²) in [7, 11) is -3.86. The Morgan fingerprint density at radius 2 is 1.31 bits per heavy atom. The normalized spacial score (nSPS) is 12.5. The summed E-state index contributed by atoms with van der Waals surface area (Å²) in [6, 6.07) is 15.7. The Kier molecular flexibility index (Phi) is 10.8. The van der Waals surface area contributed by atoms with Gasteiger partial charge in [0.25, 0.3) is 0 Å². The van der Waals surface area contributed by atoms with Crippen LogP contribution in [0.2, 0.25) is 0 Å². The number of nitrogens with one attached hydrogen (secondary N) is 3. The van der Waals surface area contributed by atoms with Crippen molar-refractivity contribution in [3.63, 3.8) is 0 Å². The largest absolute Gasteiger partial charge is 0.447 e. The van der Waals surface area contributed by atoms with E-state index in [2.05, 4.69) is 28.3 Å². The number of carbonyl (C=O) groups excluding carboxylic acids is 2. The third-order valence-electron chi connectivity index (χ3n) is 6.28. The van der Waals surface area contributed by atoms with Crippen molar-refractivity contribution in [2.45, 2.75) is 57.3 Å². The monoisotopic (exact) mass is 517 g/mol. The number of hydrogen-bond donors (Lipinski definition) is 5. The molecule has 2 aromatic carbocycles. The van der Waals surface area contributed by atoms with E-state index in [9.17, 15) is 14.2 Å². The average Bonchev–Trinajstić information content (AvgIpc) is 3.18. The highest BCUT2D eigenvalue weighted by Crippen LogP contribution is 2.44. The van der Waals surface area contributed by atoms with E-state index in [0.717, 1.165) is 67.2 Å². The molecule has 5 N–H and O–H groups in total. The van der Waals surface area contributed by atoms with Crippen molar-refractivity contribution in [3.05, 3.63) is 59.7 Å². The van der Waals surface area contributed by atoms with Gasteiger partial charge in [0.15, 0.2) is 0 Å². The topological polar surface area (TPSA) is 137 Å². The Morgan fingerprint density at radius 1 is 0.778 bits per heavy atom. The quantitative estimate of drug-likeness (QED) is 0.143. The summed E-state index contributed by atoms with van der Waals surface area (Å²) in [4.78, 5) is 41.6. The van der Waals surface area contributed by atoms with E-state index in [1.54, 1.807) is 0 Å². The predicted molar refractivity (Wildman–Crippen MR) is 139 cm³/mol. The van der Waals surface area contributed by atoms with Gasteiger partial charge in [0.05, 0.1) is 0 Å². The molecule has 0 saturated heterocycles. The first-order chi connectivity index (χ1) is 17.3. The average molecular weight is 518 g/mol. The maximum Gasteiger partial charge on any atom is 0.426 e. The zero-order chi connectivity index (χ0) is 25.8. The second-order valence-electron chi connectivity index (χ2n) is 9.05. The van der Waals surface area contributed by atoms with E-state index in [1.807, 2.05) is 36.4 Å². The minimum absolute atomic E-state index is 0.0309. The summed E-state index contributed by atoms with van der Waals surface area (Å²) in [6.07, 6.45) is 6.58. The zero-order valence-corrected chi connectivity index (χ0v) is 21.3. The molecule has 3 rings (SSSR count). The van der Waals surface area contributed by atoms with Crippen molar-refractivity contribution in [1.82, 2.24) is 16.2 Å². The van der Waals surface area contributed by atoms with Crippen molar-refractivity contribution in [2.24, 2.45) is 0 Å². The molecule has 0 unspecified atom stereocenters. The Balaban J connectivity index is 1.22. The summed E-state index contributed by atoms with van der Waals surface area (Å²) in [5, 5.41) is 2.70. The minimum atomic E-state index is -3.86. The Hall–Kier alpha value is -2.87. The summed E-state index contributed by atoms with van der Waals surface area (Å²) >= 11 is 0. The van der Waals surface area contributed by atoms with E-state index >= 15 is 0 Å². The summed E-state index contributed by atoms with van der Waals surface area (Å²) in [6.45, 7) is 0.674. The minimum Gasteiger partial charge on any atom is -0.447 e. The van der Waals surface area contributed by atoms with Crippen molar-refractivity contribution >= 4 is 19.7 Å². The van der Waals surface area contributed by atoms with Crippen LogP contribution >= 0.6 is 7.60 Å². The summed E-state index contributed by atoms with van der Waals surface area (Å²) in [5.74, 6) is -0.0447. The van der Waals surface area contributed by atoms with Gasteiger partial charge in [-0.1, -0.05) is 87.1 Å². The number of ether oxygens (including phenoxy) is 1. The van der Waals surface area contributed by atoms with Crippen LogP contribution in [0, 0.1) is 0 Å². The van der Waals surface area contributed by atoms with Gasteiger partial charge in [0, 0.05) is 18.6 Å². The molecular formula is C26H36N3O6P. The zero-order valence-electron chi connectivity index (χ0n) is 20.4. The first-order valence-corrected chi connectivity index (χ1v) is 14.3. The number of fused-ring (bicyclic) bond motifs is 3. The standard InChI is InChI=1S/C26H36N3O6P/c30-25(27-17-11-5-3-1-2-4-6-12-18-36(32,33)34)28-29-26(31)35-19-24-22-15-9-7-13-20(22)21-14-8-10-16-23(21)24/h7-10,13-16,24H,1-6,11-12,17-19H2,(H,29,31)(H2,27,28,30)(H2,32,33,34). The first-order valence-electron chi connectivity index (χ1n) is 12.5. The molecule has 0 heterocycles. The van der Waals surface area contributed by atoms with Crippen LogP contribution in [0.15, 0.2) is 48.5 Å². The molecule has 9 nitrogen and oxygen atoms in total. The number of carbonyl (C=O) groups is 2. The van der Waals surface area contributed by atoms with Gasteiger partial charge in [0.2, 0.25) is 0 Å². The van der Waals surface area contributed by atoms with Crippen LogP contribution in [0.5, 0.6) is 0 Å². The molecule has 0 atom stereocenters. The third-order valence-corrected chi connectivity index (χ3v) is 7.18. The van der Waals surface area contributed by atoms with Gasteiger partial charge in [-0.3, -0.25) is 4.57 Å². The lowest BCUT2D eigenvalue weighted by molar-refractivity contribution is 0.138. The molecule has 10 heteroatoms. The van der Waals surface area contributed by atoms with E-state index in [-0.39, 0.29) is 18.7 Å². The second-order valence-corrected chi connectivity index (χ2v) is 10.8. The van der Waals surface area contributed by atoms with Crippen LogP contribution in [0.3, 0.4) is 0 Å². The maximum absolute atomic E-state index is 12.1. The van der Waals surface area contributed by atoms with Crippen molar-refractivity contribution in [2.75, 3.05) is 19.3 Å². The molecule has 0 aliphatic heterocycles. The van der Waals surface area contributed by atoms with E-state index in [0.29, 0.717) is 13.0 Å². The second kappa shape index (κ2) is 14.0. The summed E-state index contributed by atoms with van der Waals surface area (Å²) < 4.78 is 16.2. The van der Waals surface area contributed by atoms with Gasteiger partial charge in [-0.05, 0) is 35.1 Å². The molecule has 0 saturated carbocycles. The number of urea groups is 1. The molecule has 1 aliphatic carbocycles. The Bertz CT molecular complexity index is 1010. The molecule has 0 aromatic heterocycles. The fourth-order valence-corrected chi connectivity index (χ4v) is 5.13. The molecule has 0 radical (unpaired) electrons. The molecular weight excluding hydrogens is 481 g/mol. The van der Waals surface area contributed by atoms with Gasteiger partial charge in [-0.25, -0.2) is 20.4 Å². The molecule has 1 aliphatic rings. The van der Waals surface area contributed by atoms with Gasteiger partial charge in [-0.2, -0.15) is 0 Å². The van der Waals surface area contributed by atoms with Crippen molar-refractivity contribution < 1.29 is 28.7 Å². The Morgan fingerprint density at radius 3 is 1.89 bits per heavy atom. The SMILES string of the molecule is O=C(NCCCCCCCCCCP(=O)(O)O)NNC(=O)OCC1c2ccccc2-c2ccccc21. The highest BCUT2D eigenvalue weighted by atomic mass is 31.2. The van der Waals surface area contributed by atoms with Crippen molar-refractivity contribution in [1.29, 1.82) is 0 Å². The first kappa shape index (κ1) is 27.7. The highest BCUT2D eigenvalue weighted by molar-refractivity contribution is 7.51. The van der Waals surface area contributed by atoms with Gasteiger partial charge in [-0.15, -0.1) is 0 Å². The van der Waals surface area contributed by atoms with Crippen LogP contribution in [-0.4, -0.2) is 41.2 Å². The van der Waals surface area contributed by atoms with Gasteiger partial charge < -0.3 is 19.8 Å². The van der Waals surface area contributed by atoms with Crippen LogP contribution in [0.1, 0.15) is 68.4 Å². The smallest absolute Gasteiger partial charge is 0.426 e. The van der Waals surface area contributed by atoms with Crippen LogP contribution in [-0.2, 0) is 9.30 Å². The number of hydrogen-bond acceptors (Lipinski definition) is 4. The maximum atomic E-state index is 12.1. The molecule has 0 spiro atoms. The molecule has 0 fully saturated rings. The number of rotatable bonds is 13. The van der Waals surface area contributed by atoms with Crippen LogP contribution < -0.4 is 16.2 Å². The molecule has 36 heavy (non-hydrogen) atoms. The lowest BCUT2D eigenvalue weighted by Gasteiger charge is -2.15. The number of hydrazine groups is 1. The van der Waals surface area contributed by atoms with Crippen LogP contribution in [0.25, 0.3) is 11.1 Å². The summed E-state index contributed by atoms with van der Waals surface area (Å²) in [5.41, 5.74) is 9.13. The molecule has 196 valence electrons. The number of amides is 3. The Labute approximate surface area is 212 Å².